The highest BCUT2D eigenvalue weighted by Crippen LogP contribution is 2.67. The Balaban J connectivity index is 1.23. The number of ether oxygens (including phenoxy) is 1. The first-order valence-electron chi connectivity index (χ1n) is 17.6. The molecule has 13 nitrogen and oxygen atoms in total. The quantitative estimate of drug-likeness (QED) is 0.152. The van der Waals surface area contributed by atoms with Crippen LogP contribution in [0.4, 0.5) is 0 Å². The van der Waals surface area contributed by atoms with Crippen LogP contribution in [0.25, 0.3) is 0 Å². The van der Waals surface area contributed by atoms with Gasteiger partial charge in [-0.2, -0.15) is 0 Å². The van der Waals surface area contributed by atoms with Gasteiger partial charge in [0.15, 0.2) is 12.1 Å². The van der Waals surface area contributed by atoms with Gasteiger partial charge in [-0.25, -0.2) is 9.13 Å². The molecular weight excluding hydrogens is 666 g/mol. The predicted molar refractivity (Wildman–Crippen MR) is 174 cm³/mol. The molecule has 1 aliphatic heterocycles. The number of hydrogen-bond donors (Lipinski definition) is 6. The van der Waals surface area contributed by atoms with Crippen molar-refractivity contribution in [3.8, 4) is 0 Å². The van der Waals surface area contributed by atoms with Gasteiger partial charge in [0.25, 0.3) is 0 Å². The average molecular weight is 723 g/mol. The second-order valence-corrected chi connectivity index (χ2v) is 18.7. The fraction of sp³-hybridized carbons (Fsp3) is 0.909. The summed E-state index contributed by atoms with van der Waals surface area (Å²) < 4.78 is 44.4. The number of phosphoric ester groups is 2. The molecule has 1 heterocycles. The van der Waals surface area contributed by atoms with Crippen molar-refractivity contribution in [1.29, 1.82) is 0 Å². The molecule has 0 radical (unpaired) electrons. The van der Waals surface area contributed by atoms with Gasteiger partial charge in [-0.1, -0.05) is 59.5 Å². The molecule has 5 aliphatic rings. The summed E-state index contributed by atoms with van der Waals surface area (Å²) in [5.41, 5.74) is 0.816. The third-order valence-electron chi connectivity index (χ3n) is 12.7. The van der Waals surface area contributed by atoms with Crippen molar-refractivity contribution in [2.45, 2.75) is 136 Å². The molecule has 0 bridgehead atoms. The number of rotatable bonds is 12. The Morgan fingerprint density at radius 2 is 1.62 bits per heavy atom. The third-order valence-corrected chi connectivity index (χ3v) is 14.2. The minimum atomic E-state index is -4.97. The molecule has 5 rings (SSSR count). The summed E-state index contributed by atoms with van der Waals surface area (Å²) in [5.74, 6) is 2.63. The molecule has 1 unspecified atom stereocenters. The van der Waals surface area contributed by atoms with E-state index < -0.39 is 59.1 Å². The van der Waals surface area contributed by atoms with Crippen LogP contribution in [-0.4, -0.2) is 79.2 Å². The molecule has 6 N–H and O–H groups in total. The van der Waals surface area contributed by atoms with Crippen molar-refractivity contribution in [1.82, 2.24) is 0 Å². The van der Waals surface area contributed by atoms with Gasteiger partial charge in [0, 0.05) is 5.92 Å². The van der Waals surface area contributed by atoms with Crippen LogP contribution in [0.2, 0.25) is 0 Å². The monoisotopic (exact) mass is 722 g/mol. The predicted octanol–water partition coefficient (Wildman–Crippen LogP) is 4.63. The topological polar surface area (TPSA) is 210 Å². The van der Waals surface area contributed by atoms with Gasteiger partial charge in [0.05, 0.1) is 12.7 Å². The van der Waals surface area contributed by atoms with Crippen LogP contribution < -0.4 is 0 Å². The zero-order valence-electron chi connectivity index (χ0n) is 28.7. The molecule has 0 aromatic heterocycles. The van der Waals surface area contributed by atoms with E-state index in [0.717, 1.165) is 24.8 Å². The van der Waals surface area contributed by atoms with E-state index in [-0.39, 0.29) is 34.9 Å². The Hall–Kier alpha value is -0.530. The van der Waals surface area contributed by atoms with E-state index in [9.17, 15) is 34.1 Å². The molecule has 0 aromatic carbocycles. The number of aliphatic hydroxyl groups excluding tert-OH is 3. The average Bonchev–Trinajstić information content (AvgIpc) is 3.34. The molecule has 0 spiro atoms. The van der Waals surface area contributed by atoms with Crippen LogP contribution in [0.15, 0.2) is 11.6 Å². The molecule has 0 aromatic rings. The Morgan fingerprint density at radius 1 is 0.917 bits per heavy atom. The Bertz CT molecular complexity index is 1300. The van der Waals surface area contributed by atoms with Crippen LogP contribution in [0.3, 0.4) is 0 Å². The standard InChI is InChI=1S/C33H56O13P2/c1-18(2)7-6-8-19(3)22-9-10-23-27-24(12-14-33(22,23)5)32(4)13-11-21(15-20(32)16-25(27)34)45-48(41,42)46-31-30(37)29(36)28(35)26(44-31)17-43-47(38,39)40/h16,18-19,21-24,26-31,35-37H,6-15,17H2,1-5H3,(H,41,42)(H2,38,39,40)/t19-,21+,22-,23+,24+,26-,27+,28+,29+,30+,31-,32+,33-/m1/s1. The summed E-state index contributed by atoms with van der Waals surface area (Å²) in [5, 5.41) is 30.7. The summed E-state index contributed by atoms with van der Waals surface area (Å²) >= 11 is 0. The largest absolute Gasteiger partial charge is 0.474 e. The number of aliphatic hydroxyl groups is 3. The van der Waals surface area contributed by atoms with Gasteiger partial charge in [0.2, 0.25) is 0 Å². The maximum Gasteiger partial charge on any atom is 0.474 e. The smallest absolute Gasteiger partial charge is 0.387 e. The lowest BCUT2D eigenvalue weighted by Crippen LogP contribution is -2.59. The third kappa shape index (κ3) is 7.93. The molecule has 4 aliphatic carbocycles. The fourth-order valence-corrected chi connectivity index (χ4v) is 11.5. The van der Waals surface area contributed by atoms with E-state index in [1.165, 1.54) is 25.7 Å². The lowest BCUT2D eigenvalue weighted by Gasteiger charge is -2.57. The van der Waals surface area contributed by atoms with Crippen molar-refractivity contribution < 1.29 is 62.2 Å². The number of carbonyl (C=O) groups excluding carboxylic acids is 1. The maximum absolute atomic E-state index is 13.9. The number of phosphoric acid groups is 2. The van der Waals surface area contributed by atoms with Crippen LogP contribution in [0.1, 0.15) is 98.8 Å². The van der Waals surface area contributed by atoms with E-state index in [1.807, 2.05) is 0 Å². The van der Waals surface area contributed by atoms with Gasteiger partial charge in [-0.15, -0.1) is 0 Å². The lowest BCUT2D eigenvalue weighted by molar-refractivity contribution is -0.280. The van der Waals surface area contributed by atoms with E-state index in [0.29, 0.717) is 36.5 Å². The minimum absolute atomic E-state index is 0.0238. The van der Waals surface area contributed by atoms with Crippen molar-refractivity contribution in [3.05, 3.63) is 11.6 Å². The molecule has 48 heavy (non-hydrogen) atoms. The zero-order chi connectivity index (χ0) is 35.4. The Labute approximate surface area is 283 Å². The van der Waals surface area contributed by atoms with E-state index in [2.05, 4.69) is 39.1 Å². The van der Waals surface area contributed by atoms with Gasteiger partial charge in [-0.3, -0.25) is 18.4 Å². The highest BCUT2D eigenvalue weighted by Gasteiger charge is 2.61. The van der Waals surface area contributed by atoms with Crippen molar-refractivity contribution in [2.75, 3.05) is 6.61 Å². The molecule has 0 amide bonds. The summed E-state index contributed by atoms with van der Waals surface area (Å²) in [6, 6.07) is 0. The van der Waals surface area contributed by atoms with Crippen LogP contribution in [-0.2, 0) is 32.2 Å². The number of carbonyl (C=O) groups is 1. The highest BCUT2D eigenvalue weighted by molar-refractivity contribution is 7.47. The summed E-state index contributed by atoms with van der Waals surface area (Å²) in [4.78, 5) is 42.5. The van der Waals surface area contributed by atoms with Gasteiger partial charge in [-0.05, 0) is 91.4 Å². The summed E-state index contributed by atoms with van der Waals surface area (Å²) in [7, 11) is -9.91. The van der Waals surface area contributed by atoms with E-state index >= 15 is 0 Å². The normalized spacial score (nSPS) is 43.6. The maximum atomic E-state index is 13.9. The molecule has 276 valence electrons. The minimum Gasteiger partial charge on any atom is -0.387 e. The van der Waals surface area contributed by atoms with Gasteiger partial charge >= 0.3 is 15.6 Å². The molecule has 1 saturated heterocycles. The summed E-state index contributed by atoms with van der Waals surface area (Å²) in [6.45, 7) is 10.7. The van der Waals surface area contributed by atoms with Crippen LogP contribution in [0.5, 0.6) is 0 Å². The van der Waals surface area contributed by atoms with Gasteiger partial charge in [0.1, 0.15) is 24.4 Å². The van der Waals surface area contributed by atoms with Crippen LogP contribution >= 0.6 is 15.6 Å². The van der Waals surface area contributed by atoms with E-state index in [4.69, 9.17) is 23.6 Å². The SMILES string of the molecule is CC(C)CCC[C@@H](C)[C@H]1CC[C@H]2[C@@H]3C(=O)C=C4C[C@@H](OP(=O)(O)O[C@H]5O[C@H](COP(=O)(O)O)[C@H](O)[C@H](O)[C@@H]5O)CC[C@]4(C)[C@H]3CC[C@]12C. The number of ketones is 1. The van der Waals surface area contributed by atoms with Crippen LogP contribution in [0, 0.1) is 46.3 Å². The number of allylic oxidation sites excluding steroid dienone is 1. The Kier molecular flexibility index (Phi) is 11.7. The molecule has 15 heteroatoms. The summed E-state index contributed by atoms with van der Waals surface area (Å²) in [6.07, 6.45) is 1.07. The van der Waals surface area contributed by atoms with Gasteiger partial charge < -0.3 is 34.7 Å². The first-order valence-corrected chi connectivity index (χ1v) is 20.6. The Morgan fingerprint density at radius 3 is 2.29 bits per heavy atom. The highest BCUT2D eigenvalue weighted by atomic mass is 31.2. The molecule has 14 atom stereocenters. The fourth-order valence-electron chi connectivity index (χ4n) is 10.1. The first-order chi connectivity index (χ1) is 22.3. The van der Waals surface area contributed by atoms with Crippen molar-refractivity contribution in [2.24, 2.45) is 46.3 Å². The molecular formula is C33H56O13P2. The number of fused-ring (bicyclic) bond motifs is 5. The van der Waals surface area contributed by atoms with Crippen molar-refractivity contribution >= 4 is 21.4 Å². The van der Waals surface area contributed by atoms with E-state index in [1.54, 1.807) is 6.08 Å². The second-order valence-electron chi connectivity index (χ2n) is 16.1. The molecule has 3 saturated carbocycles. The molecule has 4 fully saturated rings. The lowest BCUT2D eigenvalue weighted by atomic mass is 9.46. The first kappa shape index (κ1) is 38.7. The zero-order valence-corrected chi connectivity index (χ0v) is 30.5. The van der Waals surface area contributed by atoms with Crippen molar-refractivity contribution in [3.63, 3.8) is 0 Å². The second kappa shape index (κ2) is 14.5. The number of hydrogen-bond acceptors (Lipinski definition) is 10.